The van der Waals surface area contributed by atoms with Crippen LogP contribution in [0.1, 0.15) is 5.56 Å². The lowest BCUT2D eigenvalue weighted by atomic mass is 10.1. The van der Waals surface area contributed by atoms with Gasteiger partial charge in [0.15, 0.2) is 0 Å². The van der Waals surface area contributed by atoms with Gasteiger partial charge in [0.2, 0.25) is 0 Å². The van der Waals surface area contributed by atoms with Gasteiger partial charge in [0.25, 0.3) is 0 Å². The first kappa shape index (κ1) is 8.51. The van der Waals surface area contributed by atoms with Crippen molar-refractivity contribution in [2.45, 2.75) is 0 Å². The molecule has 1 aromatic heterocycles. The first-order valence-corrected chi connectivity index (χ1v) is 4.67. The molecule has 4 heteroatoms. The minimum Gasteiger partial charge on any atom is -0.359 e. The maximum atomic E-state index is 13.1. The monoisotopic (exact) mass is 286 g/mol. The van der Waals surface area contributed by atoms with Crippen molar-refractivity contribution in [3.8, 4) is 6.07 Å². The summed E-state index contributed by atoms with van der Waals surface area (Å²) in [7, 11) is 0. The Balaban J connectivity index is 2.95. The summed E-state index contributed by atoms with van der Waals surface area (Å²) in [6.45, 7) is 0. The highest BCUT2D eigenvalue weighted by atomic mass is 127. The highest BCUT2D eigenvalue weighted by Gasteiger charge is 2.09. The summed E-state index contributed by atoms with van der Waals surface area (Å²) >= 11 is 2.13. The number of nitrogens with zero attached hydrogens (tertiary/aromatic N) is 1. The fraction of sp³-hybridized carbons (Fsp3) is 0. The molecule has 2 nitrogen and oxygen atoms in total. The number of aromatic nitrogens is 1. The van der Waals surface area contributed by atoms with E-state index < -0.39 is 5.82 Å². The van der Waals surface area contributed by atoms with Crippen molar-refractivity contribution in [1.29, 1.82) is 5.26 Å². The summed E-state index contributed by atoms with van der Waals surface area (Å²) in [5.74, 6) is -0.478. The molecule has 0 fully saturated rings. The van der Waals surface area contributed by atoms with E-state index >= 15 is 0 Å². The highest BCUT2D eigenvalue weighted by Crippen LogP contribution is 2.24. The van der Waals surface area contributed by atoms with Gasteiger partial charge in [0, 0.05) is 15.2 Å². The number of aromatic amines is 1. The smallest absolute Gasteiger partial charge is 0.143 e. The average molecular weight is 286 g/mol. The van der Waals surface area contributed by atoms with E-state index in [0.717, 1.165) is 8.96 Å². The van der Waals surface area contributed by atoms with Gasteiger partial charge in [-0.1, -0.05) is 0 Å². The number of fused-ring (bicyclic) bond motifs is 1. The van der Waals surface area contributed by atoms with Crippen LogP contribution in [0.4, 0.5) is 4.39 Å². The van der Waals surface area contributed by atoms with E-state index in [1.54, 1.807) is 12.3 Å². The van der Waals surface area contributed by atoms with Gasteiger partial charge < -0.3 is 4.98 Å². The zero-order valence-electron chi connectivity index (χ0n) is 6.44. The number of hydrogen-bond acceptors (Lipinski definition) is 1. The molecule has 0 aliphatic heterocycles. The summed E-state index contributed by atoms with van der Waals surface area (Å²) in [5.41, 5.74) is 0.660. The van der Waals surface area contributed by atoms with Gasteiger partial charge in [-0.2, -0.15) is 5.26 Å². The molecule has 2 rings (SSSR count). The maximum absolute atomic E-state index is 13.1. The van der Waals surface area contributed by atoms with Gasteiger partial charge in [-0.15, -0.1) is 0 Å². The van der Waals surface area contributed by atoms with Crippen molar-refractivity contribution in [1.82, 2.24) is 4.98 Å². The number of nitrogens with one attached hydrogen (secondary N) is 1. The number of nitriles is 1. The van der Waals surface area contributed by atoms with Crippen LogP contribution >= 0.6 is 22.6 Å². The molecule has 0 spiro atoms. The summed E-state index contributed by atoms with van der Waals surface area (Å²) < 4.78 is 14.1. The normalized spacial score (nSPS) is 10.2. The van der Waals surface area contributed by atoms with Gasteiger partial charge in [0.05, 0.1) is 5.52 Å². The van der Waals surface area contributed by atoms with Crippen molar-refractivity contribution in [3.63, 3.8) is 0 Å². The molecule has 0 atom stereocenters. The van der Waals surface area contributed by atoms with Crippen LogP contribution in [-0.4, -0.2) is 4.98 Å². The summed E-state index contributed by atoms with van der Waals surface area (Å²) in [6, 6.07) is 4.83. The Morgan fingerprint density at radius 1 is 1.46 bits per heavy atom. The average Bonchev–Trinajstić information content (AvgIpc) is 2.48. The third-order valence-corrected chi connectivity index (χ3v) is 2.76. The highest BCUT2D eigenvalue weighted by molar-refractivity contribution is 14.1. The third kappa shape index (κ3) is 1.20. The fourth-order valence-electron chi connectivity index (χ4n) is 1.25. The number of hydrogen-bond donors (Lipinski definition) is 1. The SMILES string of the molecule is N#Cc1c(F)ccc2c(I)c[nH]c12. The zero-order valence-corrected chi connectivity index (χ0v) is 8.59. The maximum Gasteiger partial charge on any atom is 0.143 e. The Morgan fingerprint density at radius 2 is 2.23 bits per heavy atom. The molecule has 1 heterocycles. The topological polar surface area (TPSA) is 39.6 Å². The van der Waals surface area contributed by atoms with Crippen LogP contribution < -0.4 is 0 Å². The first-order chi connectivity index (χ1) is 6.24. The molecule has 0 saturated heterocycles. The second-order valence-corrected chi connectivity index (χ2v) is 3.76. The van der Waals surface area contributed by atoms with Gasteiger partial charge >= 0.3 is 0 Å². The number of benzene rings is 1. The molecule has 0 saturated carbocycles. The van der Waals surface area contributed by atoms with E-state index in [-0.39, 0.29) is 5.56 Å². The van der Waals surface area contributed by atoms with E-state index in [0.29, 0.717) is 5.52 Å². The Morgan fingerprint density at radius 3 is 2.92 bits per heavy atom. The summed E-state index contributed by atoms with van der Waals surface area (Å²) in [6.07, 6.45) is 1.76. The Labute approximate surface area is 87.5 Å². The zero-order chi connectivity index (χ0) is 9.42. The van der Waals surface area contributed by atoms with Gasteiger partial charge in [0.1, 0.15) is 17.4 Å². The van der Waals surface area contributed by atoms with Crippen LogP contribution in [-0.2, 0) is 0 Å². The van der Waals surface area contributed by atoms with Crippen LogP contribution in [0.15, 0.2) is 18.3 Å². The lowest BCUT2D eigenvalue weighted by Crippen LogP contribution is -1.84. The lowest BCUT2D eigenvalue weighted by molar-refractivity contribution is 0.626. The van der Waals surface area contributed by atoms with Crippen LogP contribution in [0.3, 0.4) is 0 Å². The Bertz CT molecular complexity index is 510. The summed E-state index contributed by atoms with van der Waals surface area (Å²) in [5, 5.41) is 9.60. The molecule has 1 N–H and O–H groups in total. The van der Waals surface area contributed by atoms with Crippen LogP contribution in [0.25, 0.3) is 10.9 Å². The van der Waals surface area contributed by atoms with E-state index in [4.69, 9.17) is 5.26 Å². The molecule has 2 aromatic rings. The van der Waals surface area contributed by atoms with Crippen LogP contribution in [0, 0.1) is 20.7 Å². The first-order valence-electron chi connectivity index (χ1n) is 3.59. The second kappa shape index (κ2) is 3.00. The second-order valence-electron chi connectivity index (χ2n) is 2.59. The van der Waals surface area contributed by atoms with Crippen LogP contribution in [0.2, 0.25) is 0 Å². The quantitative estimate of drug-likeness (QED) is 0.743. The van der Waals surface area contributed by atoms with E-state index in [1.807, 2.05) is 6.07 Å². The molecule has 0 unspecified atom stereocenters. The lowest BCUT2D eigenvalue weighted by Gasteiger charge is -1.95. The molecule has 13 heavy (non-hydrogen) atoms. The van der Waals surface area contributed by atoms with E-state index in [2.05, 4.69) is 27.6 Å². The Kier molecular flexibility index (Phi) is 1.96. The minimum absolute atomic E-state index is 0.0837. The van der Waals surface area contributed by atoms with E-state index in [9.17, 15) is 4.39 Å². The van der Waals surface area contributed by atoms with Crippen LogP contribution in [0.5, 0.6) is 0 Å². The molecule has 0 amide bonds. The molecule has 1 aromatic carbocycles. The molecule has 0 bridgehead atoms. The van der Waals surface area contributed by atoms with Crippen molar-refractivity contribution in [2.75, 3.05) is 0 Å². The van der Waals surface area contributed by atoms with Crippen molar-refractivity contribution in [2.24, 2.45) is 0 Å². The number of rotatable bonds is 0. The van der Waals surface area contributed by atoms with Crippen molar-refractivity contribution in [3.05, 3.63) is 33.3 Å². The molecule has 0 aliphatic rings. The minimum atomic E-state index is -0.478. The number of halogens is 2. The van der Waals surface area contributed by atoms with Gasteiger partial charge in [-0.25, -0.2) is 4.39 Å². The van der Waals surface area contributed by atoms with E-state index in [1.165, 1.54) is 6.07 Å². The standard InChI is InChI=1S/C9H4FIN2/c10-7-2-1-5-8(11)4-13-9(5)6(7)3-12/h1-2,4,13H. The predicted molar refractivity (Wildman–Crippen MR) is 55.7 cm³/mol. The largest absolute Gasteiger partial charge is 0.359 e. The molecule has 0 aliphatic carbocycles. The molecule has 64 valence electrons. The number of H-pyrrole nitrogens is 1. The van der Waals surface area contributed by atoms with Gasteiger partial charge in [-0.3, -0.25) is 0 Å². The predicted octanol–water partition coefficient (Wildman–Crippen LogP) is 2.78. The van der Waals surface area contributed by atoms with Crippen molar-refractivity contribution < 1.29 is 4.39 Å². The molecular weight excluding hydrogens is 282 g/mol. The van der Waals surface area contributed by atoms with Gasteiger partial charge in [-0.05, 0) is 34.7 Å². The molecule has 0 radical (unpaired) electrons. The fourth-order valence-corrected chi connectivity index (χ4v) is 1.85. The molecular formula is C9H4FIN2. The Hall–Kier alpha value is -1.09. The van der Waals surface area contributed by atoms with Crippen molar-refractivity contribution >= 4 is 33.5 Å². The third-order valence-electron chi connectivity index (χ3n) is 1.87. The summed E-state index contributed by atoms with van der Waals surface area (Å²) in [4.78, 5) is 2.88.